The summed E-state index contributed by atoms with van der Waals surface area (Å²) in [5.41, 5.74) is 0.825. The molecule has 0 aromatic heterocycles. The Labute approximate surface area is 140 Å². The number of benzene rings is 2. The Morgan fingerprint density at radius 2 is 1.83 bits per heavy atom. The lowest BCUT2D eigenvalue weighted by Crippen LogP contribution is -2.42. The van der Waals surface area contributed by atoms with Crippen LogP contribution in [0.1, 0.15) is 18.5 Å². The van der Waals surface area contributed by atoms with Gasteiger partial charge in [-0.3, -0.25) is 0 Å². The van der Waals surface area contributed by atoms with Crippen LogP contribution in [0.25, 0.3) is 0 Å². The van der Waals surface area contributed by atoms with Crippen molar-refractivity contribution in [2.45, 2.75) is 19.1 Å². The maximum absolute atomic E-state index is 12.8. The van der Waals surface area contributed by atoms with Crippen molar-refractivity contribution in [1.29, 1.82) is 0 Å². The van der Waals surface area contributed by atoms with Crippen LogP contribution in [0.3, 0.4) is 0 Å². The highest BCUT2D eigenvalue weighted by molar-refractivity contribution is 5.74. The van der Waals surface area contributed by atoms with Gasteiger partial charge >= 0.3 is 6.03 Å². The molecule has 2 aromatic rings. The molecule has 128 valence electrons. The molecule has 2 rings (SSSR count). The Kier molecular flexibility index (Phi) is 6.57. The molecule has 0 fully saturated rings. The number of urea groups is 1. The van der Waals surface area contributed by atoms with Crippen LogP contribution in [0.2, 0.25) is 0 Å². The summed E-state index contributed by atoms with van der Waals surface area (Å²) in [6.45, 7) is 1.87. The molecule has 0 radical (unpaired) electrons. The first-order valence-corrected chi connectivity index (χ1v) is 7.71. The van der Waals surface area contributed by atoms with Crippen molar-refractivity contribution >= 4 is 6.03 Å². The quantitative estimate of drug-likeness (QED) is 0.730. The van der Waals surface area contributed by atoms with E-state index in [1.54, 1.807) is 6.92 Å². The minimum absolute atomic E-state index is 0.195. The molecule has 0 aliphatic rings. The van der Waals surface area contributed by atoms with Crippen LogP contribution in [-0.4, -0.2) is 30.4 Å². The van der Waals surface area contributed by atoms with Crippen LogP contribution >= 0.6 is 0 Å². The molecule has 6 heteroatoms. The molecule has 0 spiro atoms. The molecule has 0 aliphatic carbocycles. The fraction of sp³-hybridized carbons (Fsp3) is 0.278. The zero-order valence-electron chi connectivity index (χ0n) is 13.4. The SMILES string of the molecule is CC(CNC(=O)NC(CO)c1ccccc1)Oc1ccc(F)cc1. The average molecular weight is 332 g/mol. The number of nitrogens with one attached hydrogen (secondary N) is 2. The highest BCUT2D eigenvalue weighted by atomic mass is 19.1. The molecule has 0 aliphatic heterocycles. The van der Waals surface area contributed by atoms with Crippen LogP contribution in [0.4, 0.5) is 9.18 Å². The van der Waals surface area contributed by atoms with E-state index in [1.807, 2.05) is 30.3 Å². The third-order valence-electron chi connectivity index (χ3n) is 3.39. The summed E-state index contributed by atoms with van der Waals surface area (Å²) in [5.74, 6) is 0.201. The summed E-state index contributed by atoms with van der Waals surface area (Å²) in [6.07, 6.45) is -0.287. The molecule has 3 N–H and O–H groups in total. The molecule has 0 heterocycles. The van der Waals surface area contributed by atoms with Gasteiger partial charge in [-0.25, -0.2) is 9.18 Å². The summed E-state index contributed by atoms with van der Waals surface area (Å²) < 4.78 is 18.4. The molecule has 2 aromatic carbocycles. The van der Waals surface area contributed by atoms with Crippen molar-refractivity contribution in [3.8, 4) is 5.75 Å². The van der Waals surface area contributed by atoms with Crippen molar-refractivity contribution in [2.24, 2.45) is 0 Å². The van der Waals surface area contributed by atoms with E-state index in [9.17, 15) is 14.3 Å². The fourth-order valence-corrected chi connectivity index (χ4v) is 2.15. The number of rotatable bonds is 7. The minimum Gasteiger partial charge on any atom is -0.489 e. The van der Waals surface area contributed by atoms with E-state index >= 15 is 0 Å². The van der Waals surface area contributed by atoms with Gasteiger partial charge in [-0.05, 0) is 36.8 Å². The minimum atomic E-state index is -0.473. The van der Waals surface area contributed by atoms with Crippen molar-refractivity contribution in [1.82, 2.24) is 10.6 Å². The van der Waals surface area contributed by atoms with Crippen molar-refractivity contribution in [2.75, 3.05) is 13.2 Å². The lowest BCUT2D eigenvalue weighted by atomic mass is 10.1. The largest absolute Gasteiger partial charge is 0.489 e. The number of amides is 2. The molecule has 0 saturated carbocycles. The fourth-order valence-electron chi connectivity index (χ4n) is 2.15. The Morgan fingerprint density at radius 3 is 2.46 bits per heavy atom. The van der Waals surface area contributed by atoms with Gasteiger partial charge in [0.05, 0.1) is 19.2 Å². The summed E-state index contributed by atoms with van der Waals surface area (Å²) in [4.78, 5) is 11.9. The lowest BCUT2D eigenvalue weighted by molar-refractivity contribution is 0.199. The maximum Gasteiger partial charge on any atom is 0.315 e. The van der Waals surface area contributed by atoms with Gasteiger partial charge in [0.2, 0.25) is 0 Å². The van der Waals surface area contributed by atoms with Crippen LogP contribution in [-0.2, 0) is 0 Å². The number of ether oxygens (including phenoxy) is 1. The van der Waals surface area contributed by atoms with E-state index in [0.29, 0.717) is 5.75 Å². The zero-order chi connectivity index (χ0) is 17.4. The number of carbonyl (C=O) groups is 1. The van der Waals surface area contributed by atoms with E-state index in [2.05, 4.69) is 10.6 Å². The standard InChI is InChI=1S/C18H21FN2O3/c1-13(24-16-9-7-15(19)8-10-16)11-20-18(23)21-17(12-22)14-5-3-2-4-6-14/h2-10,13,17,22H,11-12H2,1H3,(H2,20,21,23). The number of carbonyl (C=O) groups excluding carboxylic acids is 1. The third kappa shape index (κ3) is 5.55. The molecule has 5 nitrogen and oxygen atoms in total. The van der Waals surface area contributed by atoms with Crippen molar-refractivity contribution in [3.63, 3.8) is 0 Å². The average Bonchev–Trinajstić information content (AvgIpc) is 2.60. The summed E-state index contributed by atoms with van der Waals surface area (Å²) >= 11 is 0. The first-order valence-electron chi connectivity index (χ1n) is 7.71. The molecule has 0 saturated heterocycles. The summed E-state index contributed by atoms with van der Waals surface area (Å²) in [5, 5.41) is 14.8. The van der Waals surface area contributed by atoms with Gasteiger partial charge in [0, 0.05) is 0 Å². The maximum atomic E-state index is 12.8. The molecular weight excluding hydrogens is 311 g/mol. The molecule has 0 bridgehead atoms. The van der Waals surface area contributed by atoms with Gasteiger partial charge in [0.15, 0.2) is 0 Å². The molecule has 2 amide bonds. The van der Waals surface area contributed by atoms with E-state index in [1.165, 1.54) is 24.3 Å². The first kappa shape index (κ1) is 17.7. The molecule has 2 atom stereocenters. The zero-order valence-corrected chi connectivity index (χ0v) is 13.4. The van der Waals surface area contributed by atoms with Crippen molar-refractivity contribution in [3.05, 3.63) is 66.0 Å². The number of aliphatic hydroxyl groups excluding tert-OH is 1. The first-order chi connectivity index (χ1) is 11.6. The summed E-state index contributed by atoms with van der Waals surface area (Å²) in [7, 11) is 0. The smallest absolute Gasteiger partial charge is 0.315 e. The van der Waals surface area contributed by atoms with Crippen LogP contribution in [0.15, 0.2) is 54.6 Å². The van der Waals surface area contributed by atoms with Gasteiger partial charge in [-0.15, -0.1) is 0 Å². The number of hydrogen-bond acceptors (Lipinski definition) is 3. The lowest BCUT2D eigenvalue weighted by Gasteiger charge is -2.19. The van der Waals surface area contributed by atoms with Crippen LogP contribution in [0, 0.1) is 5.82 Å². The Bertz CT molecular complexity index is 634. The highest BCUT2D eigenvalue weighted by Gasteiger charge is 2.14. The van der Waals surface area contributed by atoms with Crippen LogP contribution in [0.5, 0.6) is 5.75 Å². The molecular formula is C18H21FN2O3. The number of halogens is 1. The second kappa shape index (κ2) is 8.88. The van der Waals surface area contributed by atoms with Crippen LogP contribution < -0.4 is 15.4 Å². The predicted molar refractivity (Wildman–Crippen MR) is 89.3 cm³/mol. The Hall–Kier alpha value is -2.60. The van der Waals surface area contributed by atoms with Gasteiger partial charge < -0.3 is 20.5 Å². The van der Waals surface area contributed by atoms with Gasteiger partial charge in [0.1, 0.15) is 17.7 Å². The monoisotopic (exact) mass is 332 g/mol. The predicted octanol–water partition coefficient (Wildman–Crippen LogP) is 2.63. The molecule has 24 heavy (non-hydrogen) atoms. The third-order valence-corrected chi connectivity index (χ3v) is 3.39. The second-order valence-corrected chi connectivity index (χ2v) is 5.38. The normalized spacial score (nSPS) is 13.0. The van der Waals surface area contributed by atoms with Crippen molar-refractivity contribution < 1.29 is 19.0 Å². The number of aliphatic hydroxyl groups is 1. The Balaban J connectivity index is 1.78. The van der Waals surface area contributed by atoms with E-state index in [4.69, 9.17) is 4.74 Å². The highest BCUT2D eigenvalue weighted by Crippen LogP contribution is 2.13. The van der Waals surface area contributed by atoms with Gasteiger partial charge in [0.25, 0.3) is 0 Å². The topological polar surface area (TPSA) is 70.6 Å². The second-order valence-electron chi connectivity index (χ2n) is 5.38. The number of hydrogen-bond donors (Lipinski definition) is 3. The van der Waals surface area contributed by atoms with E-state index in [0.717, 1.165) is 5.56 Å². The Morgan fingerprint density at radius 1 is 1.17 bits per heavy atom. The van der Waals surface area contributed by atoms with Gasteiger partial charge in [-0.1, -0.05) is 30.3 Å². The summed E-state index contributed by atoms with van der Waals surface area (Å²) in [6, 6.07) is 14.0. The van der Waals surface area contributed by atoms with E-state index < -0.39 is 12.1 Å². The van der Waals surface area contributed by atoms with E-state index in [-0.39, 0.29) is 25.1 Å². The molecule has 2 unspecified atom stereocenters. The van der Waals surface area contributed by atoms with Gasteiger partial charge in [-0.2, -0.15) is 0 Å².